The molecule has 0 atom stereocenters. The van der Waals surface area contributed by atoms with Gasteiger partial charge in [-0.25, -0.2) is 18.1 Å². The first-order chi connectivity index (χ1) is 9.42. The summed E-state index contributed by atoms with van der Waals surface area (Å²) in [6.07, 6.45) is 0.632. The van der Waals surface area contributed by atoms with Gasteiger partial charge >= 0.3 is 0 Å². The average Bonchev–Trinajstić information content (AvgIpc) is 2.82. The molecule has 2 aromatic rings. The van der Waals surface area contributed by atoms with Crippen LogP contribution in [-0.4, -0.2) is 13.4 Å². The molecular formula is C13H17N3O2S2. The summed E-state index contributed by atoms with van der Waals surface area (Å²) in [5.41, 5.74) is 7.77. The van der Waals surface area contributed by atoms with Crippen LogP contribution in [0.25, 0.3) is 0 Å². The van der Waals surface area contributed by atoms with Crippen molar-refractivity contribution in [3.05, 3.63) is 39.8 Å². The van der Waals surface area contributed by atoms with Gasteiger partial charge in [0, 0.05) is 16.8 Å². The van der Waals surface area contributed by atoms with Gasteiger partial charge in [0.15, 0.2) is 0 Å². The van der Waals surface area contributed by atoms with Crippen LogP contribution in [0.1, 0.15) is 23.2 Å². The molecule has 0 radical (unpaired) electrons. The number of hydrogen-bond donors (Lipinski definition) is 2. The standard InChI is InChI=1S/C13H17N3O2S2/c1-3-10-4-5-11(14)6-12(10)20(17,18)15-7-13-16-9(2)8-19-13/h4-6,8,15H,3,7,14H2,1-2H3. The van der Waals surface area contributed by atoms with Gasteiger partial charge in [0.25, 0.3) is 0 Å². The molecule has 1 aromatic heterocycles. The molecule has 0 saturated heterocycles. The van der Waals surface area contributed by atoms with Gasteiger partial charge in [-0.05, 0) is 31.0 Å². The zero-order valence-corrected chi connectivity index (χ0v) is 13.0. The minimum absolute atomic E-state index is 0.193. The van der Waals surface area contributed by atoms with Gasteiger partial charge < -0.3 is 5.73 Å². The summed E-state index contributed by atoms with van der Waals surface area (Å²) >= 11 is 1.44. The highest BCUT2D eigenvalue weighted by Gasteiger charge is 2.18. The predicted octanol–water partition coefficient (Wildman–Crippen LogP) is 2.07. The smallest absolute Gasteiger partial charge is 0.241 e. The fourth-order valence-electron chi connectivity index (χ4n) is 1.83. The SMILES string of the molecule is CCc1ccc(N)cc1S(=O)(=O)NCc1nc(C)cs1. The third-order valence-corrected chi connectivity index (χ3v) is 5.29. The third kappa shape index (κ3) is 3.36. The lowest BCUT2D eigenvalue weighted by molar-refractivity contribution is 0.580. The number of thiazole rings is 1. The molecular weight excluding hydrogens is 294 g/mol. The van der Waals surface area contributed by atoms with Crippen LogP contribution in [0.15, 0.2) is 28.5 Å². The molecule has 7 heteroatoms. The summed E-state index contributed by atoms with van der Waals surface area (Å²) < 4.78 is 27.3. The molecule has 0 amide bonds. The van der Waals surface area contributed by atoms with Crippen LogP contribution < -0.4 is 10.5 Å². The predicted molar refractivity (Wildman–Crippen MR) is 81.1 cm³/mol. The summed E-state index contributed by atoms with van der Waals surface area (Å²) in [5, 5.41) is 2.63. The van der Waals surface area contributed by atoms with Gasteiger partial charge in [0.1, 0.15) is 5.01 Å². The first-order valence-electron chi connectivity index (χ1n) is 6.21. The lowest BCUT2D eigenvalue weighted by Crippen LogP contribution is -2.24. The van der Waals surface area contributed by atoms with Crippen LogP contribution in [-0.2, 0) is 23.0 Å². The number of anilines is 1. The molecule has 0 aliphatic heterocycles. The van der Waals surface area contributed by atoms with Gasteiger partial charge in [0.2, 0.25) is 10.0 Å². The Kier molecular flexibility index (Phi) is 4.42. The number of aromatic nitrogens is 1. The lowest BCUT2D eigenvalue weighted by Gasteiger charge is -2.10. The number of rotatable bonds is 5. The Balaban J connectivity index is 2.24. The highest BCUT2D eigenvalue weighted by molar-refractivity contribution is 7.89. The van der Waals surface area contributed by atoms with E-state index in [9.17, 15) is 8.42 Å². The van der Waals surface area contributed by atoms with Gasteiger partial charge in [-0.15, -0.1) is 11.3 Å². The third-order valence-electron chi connectivity index (χ3n) is 2.84. The van der Waals surface area contributed by atoms with E-state index >= 15 is 0 Å². The molecule has 108 valence electrons. The van der Waals surface area contributed by atoms with Gasteiger partial charge in [0.05, 0.1) is 11.4 Å². The van der Waals surface area contributed by atoms with Crippen molar-refractivity contribution in [1.82, 2.24) is 9.71 Å². The van der Waals surface area contributed by atoms with E-state index in [1.54, 1.807) is 12.1 Å². The Hall–Kier alpha value is -1.44. The van der Waals surface area contributed by atoms with E-state index in [1.807, 2.05) is 19.2 Å². The lowest BCUT2D eigenvalue weighted by atomic mass is 10.1. The summed E-state index contributed by atoms with van der Waals surface area (Å²) in [6.45, 7) is 3.98. The highest BCUT2D eigenvalue weighted by atomic mass is 32.2. The normalized spacial score (nSPS) is 11.7. The Labute approximate surface area is 122 Å². The zero-order valence-electron chi connectivity index (χ0n) is 11.4. The zero-order chi connectivity index (χ0) is 14.8. The molecule has 0 fully saturated rings. The maximum absolute atomic E-state index is 12.4. The van der Waals surface area contributed by atoms with E-state index in [-0.39, 0.29) is 11.4 Å². The van der Waals surface area contributed by atoms with Crippen molar-refractivity contribution >= 4 is 27.0 Å². The van der Waals surface area contributed by atoms with Crippen molar-refractivity contribution in [1.29, 1.82) is 0 Å². The van der Waals surface area contributed by atoms with E-state index in [0.29, 0.717) is 12.1 Å². The van der Waals surface area contributed by atoms with E-state index in [1.165, 1.54) is 17.4 Å². The second-order valence-corrected chi connectivity index (χ2v) is 7.11. The van der Waals surface area contributed by atoms with Crippen LogP contribution >= 0.6 is 11.3 Å². The molecule has 0 aliphatic carbocycles. The first kappa shape index (κ1) is 15.0. The number of aryl methyl sites for hydroxylation is 2. The molecule has 2 rings (SSSR count). The number of nitrogens with one attached hydrogen (secondary N) is 1. The second kappa shape index (κ2) is 5.90. The Morgan fingerprint density at radius 2 is 2.15 bits per heavy atom. The molecule has 20 heavy (non-hydrogen) atoms. The fraction of sp³-hybridized carbons (Fsp3) is 0.308. The minimum atomic E-state index is -3.58. The van der Waals surface area contributed by atoms with Crippen LogP contribution in [0.5, 0.6) is 0 Å². The molecule has 0 bridgehead atoms. The summed E-state index contributed by atoms with van der Waals surface area (Å²) in [4.78, 5) is 4.48. The number of sulfonamides is 1. The molecule has 1 heterocycles. The first-order valence-corrected chi connectivity index (χ1v) is 8.57. The molecule has 5 nitrogen and oxygen atoms in total. The van der Waals surface area contributed by atoms with Crippen molar-refractivity contribution in [3.63, 3.8) is 0 Å². The molecule has 1 aromatic carbocycles. The topological polar surface area (TPSA) is 85.1 Å². The second-order valence-electron chi connectivity index (χ2n) is 4.43. The Bertz CT molecular complexity index is 708. The van der Waals surface area contributed by atoms with Gasteiger partial charge in [-0.3, -0.25) is 0 Å². The van der Waals surface area contributed by atoms with Crippen LogP contribution in [0, 0.1) is 6.92 Å². The number of hydrogen-bond acceptors (Lipinski definition) is 5. The van der Waals surface area contributed by atoms with Crippen molar-refractivity contribution in [2.75, 3.05) is 5.73 Å². The summed E-state index contributed by atoms with van der Waals surface area (Å²) in [5.74, 6) is 0. The minimum Gasteiger partial charge on any atom is -0.399 e. The molecule has 0 saturated carbocycles. The highest BCUT2D eigenvalue weighted by Crippen LogP contribution is 2.20. The van der Waals surface area contributed by atoms with Gasteiger partial charge in [-0.1, -0.05) is 13.0 Å². The van der Waals surface area contributed by atoms with Gasteiger partial charge in [-0.2, -0.15) is 0 Å². The largest absolute Gasteiger partial charge is 0.399 e. The molecule has 3 N–H and O–H groups in total. The maximum atomic E-state index is 12.4. The van der Waals surface area contributed by atoms with E-state index < -0.39 is 10.0 Å². The maximum Gasteiger partial charge on any atom is 0.241 e. The Morgan fingerprint density at radius 1 is 1.40 bits per heavy atom. The van der Waals surface area contributed by atoms with E-state index in [4.69, 9.17) is 5.73 Å². The van der Waals surface area contributed by atoms with Crippen molar-refractivity contribution in [3.8, 4) is 0 Å². The molecule has 0 aliphatic rings. The average molecular weight is 311 g/mol. The number of benzene rings is 1. The number of nitrogens with zero attached hydrogens (tertiary/aromatic N) is 1. The monoisotopic (exact) mass is 311 g/mol. The van der Waals surface area contributed by atoms with E-state index in [0.717, 1.165) is 16.3 Å². The van der Waals surface area contributed by atoms with Crippen LogP contribution in [0.3, 0.4) is 0 Å². The molecule has 0 unspecified atom stereocenters. The Morgan fingerprint density at radius 3 is 2.75 bits per heavy atom. The number of nitrogens with two attached hydrogens (primary N) is 1. The number of nitrogen functional groups attached to an aromatic ring is 1. The van der Waals surface area contributed by atoms with E-state index in [2.05, 4.69) is 9.71 Å². The van der Waals surface area contributed by atoms with Crippen molar-refractivity contribution in [2.24, 2.45) is 0 Å². The summed E-state index contributed by atoms with van der Waals surface area (Å²) in [6, 6.07) is 4.95. The summed E-state index contributed by atoms with van der Waals surface area (Å²) in [7, 11) is -3.58. The fourth-order valence-corrected chi connectivity index (χ4v) is 3.97. The molecule has 0 spiro atoms. The van der Waals surface area contributed by atoms with Crippen LogP contribution in [0.2, 0.25) is 0 Å². The van der Waals surface area contributed by atoms with Crippen LogP contribution in [0.4, 0.5) is 5.69 Å². The van der Waals surface area contributed by atoms with Crippen molar-refractivity contribution < 1.29 is 8.42 Å². The van der Waals surface area contributed by atoms with Crippen molar-refractivity contribution in [2.45, 2.75) is 31.7 Å². The quantitative estimate of drug-likeness (QED) is 0.828.